The van der Waals surface area contributed by atoms with Gasteiger partial charge in [-0.25, -0.2) is 0 Å². The van der Waals surface area contributed by atoms with Crippen molar-refractivity contribution in [3.05, 3.63) is 35.4 Å². The molecule has 0 spiro atoms. The Balaban J connectivity index is 1.48. The summed E-state index contributed by atoms with van der Waals surface area (Å²) in [4.78, 5) is 13.0. The number of alkyl halides is 3. The molecule has 3 heterocycles. The Hall–Kier alpha value is -2.40. The van der Waals surface area contributed by atoms with Crippen molar-refractivity contribution in [3.8, 4) is 0 Å². The Morgan fingerprint density at radius 2 is 1.28 bits per heavy atom. The topological polar surface area (TPSA) is 253 Å². The number of nitrogens with zero attached hydrogens (tertiary/aromatic N) is 2. The molecule has 43 heavy (non-hydrogen) atoms. The number of carbonyl (C=O) groups is 1. The van der Waals surface area contributed by atoms with Crippen molar-refractivity contribution in [1.29, 1.82) is 0 Å². The molecule has 11 atom stereocenters. The molecule has 0 radical (unpaired) electrons. The molecule has 9 N–H and O–H groups in total. The van der Waals surface area contributed by atoms with Crippen LogP contribution < -0.4 is 5.32 Å². The number of carbonyl (C=O) groups excluding carboxylic acids is 1. The Bertz CT molecular complexity index is 1080. The summed E-state index contributed by atoms with van der Waals surface area (Å²) in [5.74, 6) is -0.835. The summed E-state index contributed by atoms with van der Waals surface area (Å²) in [6.45, 7) is -2.54. The molecule has 19 heteroatoms. The second-order valence-electron chi connectivity index (χ2n) is 10.2. The summed E-state index contributed by atoms with van der Waals surface area (Å²) in [6, 6.07) is 3.04. The minimum absolute atomic E-state index is 0.104. The van der Waals surface area contributed by atoms with E-state index in [1.54, 1.807) is 0 Å². The third-order valence-electron chi connectivity index (χ3n) is 7.24. The van der Waals surface area contributed by atoms with Gasteiger partial charge in [-0.2, -0.15) is 13.2 Å². The standard InChI is InChI=1S/C24H32F3N3O13/c25-24(26,27)23(29-30-23)10-3-1-9(2-4-10)20(37)28-11(7-40-18-12(5-31)42-21(38)16(35)14(18)33)8-41-19-13(6-32)43-22(39)17(36)15(19)34/h1-4,11-19,21-22,31-36,38-39H,5-8H2,(H,28,37)/t11?,12-,13-,14-,15-,16+,17+,18-,19+,21+,22-/m1/s1. The smallest absolute Gasteiger partial charge is 0.394 e. The van der Waals surface area contributed by atoms with Crippen LogP contribution in [-0.2, 0) is 24.6 Å². The highest BCUT2D eigenvalue weighted by atomic mass is 19.4. The van der Waals surface area contributed by atoms with Gasteiger partial charge in [0, 0.05) is 11.1 Å². The number of aliphatic hydroxyl groups excluding tert-OH is 8. The molecular weight excluding hydrogens is 595 g/mol. The number of hydrogen-bond donors (Lipinski definition) is 9. The van der Waals surface area contributed by atoms with Crippen molar-refractivity contribution < 1.29 is 77.8 Å². The van der Waals surface area contributed by atoms with E-state index in [2.05, 4.69) is 15.5 Å². The Morgan fingerprint density at radius 1 is 0.837 bits per heavy atom. The lowest BCUT2D eigenvalue weighted by Gasteiger charge is -2.41. The van der Waals surface area contributed by atoms with Crippen molar-refractivity contribution >= 4 is 5.91 Å². The van der Waals surface area contributed by atoms with Gasteiger partial charge in [0.2, 0.25) is 0 Å². The lowest BCUT2D eigenvalue weighted by atomic mass is 9.99. The predicted molar refractivity (Wildman–Crippen MR) is 130 cm³/mol. The number of ether oxygens (including phenoxy) is 4. The first-order valence-corrected chi connectivity index (χ1v) is 13.0. The quantitative estimate of drug-likeness (QED) is 0.116. The van der Waals surface area contributed by atoms with Crippen LogP contribution in [-0.4, -0.2) is 147 Å². The van der Waals surface area contributed by atoms with Gasteiger partial charge in [-0.15, -0.1) is 10.2 Å². The van der Waals surface area contributed by atoms with Gasteiger partial charge < -0.3 is 65.1 Å². The van der Waals surface area contributed by atoms with Crippen molar-refractivity contribution in [1.82, 2.24) is 5.32 Å². The van der Waals surface area contributed by atoms with Gasteiger partial charge >= 0.3 is 11.8 Å². The number of rotatable bonds is 11. The average molecular weight is 628 g/mol. The summed E-state index contributed by atoms with van der Waals surface area (Å²) in [5.41, 5.74) is -3.11. The summed E-state index contributed by atoms with van der Waals surface area (Å²) in [7, 11) is 0. The number of nitrogens with one attached hydrogen (secondary N) is 1. The van der Waals surface area contributed by atoms with Gasteiger partial charge in [0.05, 0.1) is 32.5 Å². The lowest BCUT2D eigenvalue weighted by molar-refractivity contribution is -0.299. The molecule has 16 nitrogen and oxygen atoms in total. The van der Waals surface area contributed by atoms with E-state index in [0.29, 0.717) is 0 Å². The van der Waals surface area contributed by atoms with Crippen LogP contribution in [0.5, 0.6) is 0 Å². The predicted octanol–water partition coefficient (Wildman–Crippen LogP) is -3.40. The molecule has 242 valence electrons. The van der Waals surface area contributed by atoms with Crippen LogP contribution in [0.1, 0.15) is 15.9 Å². The maximum Gasteiger partial charge on any atom is 0.442 e. The van der Waals surface area contributed by atoms with Crippen LogP contribution in [0.25, 0.3) is 0 Å². The summed E-state index contributed by atoms with van der Waals surface area (Å²) in [6.07, 6.45) is -21.0. The second-order valence-corrected chi connectivity index (χ2v) is 10.2. The van der Waals surface area contributed by atoms with E-state index in [0.717, 1.165) is 24.3 Å². The average Bonchev–Trinajstić information content (AvgIpc) is 3.80. The lowest BCUT2D eigenvalue weighted by Crippen LogP contribution is -2.61. The van der Waals surface area contributed by atoms with E-state index in [1.807, 2.05) is 0 Å². The zero-order valence-electron chi connectivity index (χ0n) is 22.1. The molecule has 1 aromatic carbocycles. The van der Waals surface area contributed by atoms with Gasteiger partial charge in [0.15, 0.2) is 12.6 Å². The molecule has 3 aliphatic rings. The normalized spacial score (nSPS) is 36.3. The molecule has 0 saturated carbocycles. The summed E-state index contributed by atoms with van der Waals surface area (Å²) < 4.78 is 61.2. The van der Waals surface area contributed by atoms with E-state index in [1.165, 1.54) is 0 Å². The van der Waals surface area contributed by atoms with E-state index in [9.17, 15) is 58.8 Å². The number of benzene rings is 1. The van der Waals surface area contributed by atoms with Crippen molar-refractivity contribution in [2.75, 3.05) is 26.4 Å². The number of aliphatic hydroxyl groups is 8. The van der Waals surface area contributed by atoms with Gasteiger partial charge in [-0.1, -0.05) is 12.1 Å². The SMILES string of the molecule is O=C(NC(CO[C@@H]1[C@H](O)[C@H](O)[C@H](O)O[C@@H]1CO)CO[C@H]1[C@H](O)[C@H](O)[C@@H](O)O[C@@H]1CO)c1ccc(C2(C(F)(F)F)N=N2)cc1. The monoisotopic (exact) mass is 627 g/mol. The highest BCUT2D eigenvalue weighted by Crippen LogP contribution is 2.52. The van der Waals surface area contributed by atoms with E-state index >= 15 is 0 Å². The van der Waals surface area contributed by atoms with E-state index in [-0.39, 0.29) is 11.1 Å². The largest absolute Gasteiger partial charge is 0.442 e. The van der Waals surface area contributed by atoms with Crippen molar-refractivity contribution in [3.63, 3.8) is 0 Å². The highest BCUT2D eigenvalue weighted by molar-refractivity contribution is 5.94. The summed E-state index contributed by atoms with van der Waals surface area (Å²) >= 11 is 0. The van der Waals surface area contributed by atoms with Crippen LogP contribution in [0.3, 0.4) is 0 Å². The number of amides is 1. The first-order valence-electron chi connectivity index (χ1n) is 13.0. The van der Waals surface area contributed by atoms with Crippen LogP contribution in [0.2, 0.25) is 0 Å². The fourth-order valence-electron chi connectivity index (χ4n) is 4.70. The molecule has 1 amide bonds. The molecule has 1 unspecified atom stereocenters. The van der Waals surface area contributed by atoms with E-state index in [4.69, 9.17) is 18.9 Å². The molecule has 0 aliphatic carbocycles. The van der Waals surface area contributed by atoms with Gasteiger partial charge in [-0.3, -0.25) is 4.79 Å². The van der Waals surface area contributed by atoms with Crippen LogP contribution in [0.4, 0.5) is 13.2 Å². The number of halogens is 3. The van der Waals surface area contributed by atoms with Crippen molar-refractivity contribution in [2.45, 2.75) is 79.3 Å². The molecular formula is C24H32F3N3O13. The molecule has 3 aliphatic heterocycles. The molecule has 2 saturated heterocycles. The minimum Gasteiger partial charge on any atom is -0.394 e. The fourth-order valence-corrected chi connectivity index (χ4v) is 4.70. The zero-order valence-corrected chi connectivity index (χ0v) is 22.1. The first kappa shape index (κ1) is 33.5. The van der Waals surface area contributed by atoms with Crippen LogP contribution in [0.15, 0.2) is 34.5 Å². The minimum atomic E-state index is -4.77. The Labute approximate surface area is 240 Å². The van der Waals surface area contributed by atoms with Gasteiger partial charge in [0.1, 0.15) is 48.8 Å². The maximum absolute atomic E-state index is 13.3. The van der Waals surface area contributed by atoms with Gasteiger partial charge in [-0.05, 0) is 12.1 Å². The Morgan fingerprint density at radius 3 is 1.65 bits per heavy atom. The zero-order chi connectivity index (χ0) is 31.7. The van der Waals surface area contributed by atoms with Crippen molar-refractivity contribution in [2.24, 2.45) is 10.2 Å². The highest BCUT2D eigenvalue weighted by Gasteiger charge is 2.65. The maximum atomic E-state index is 13.3. The van der Waals surface area contributed by atoms with Crippen LogP contribution in [0, 0.1) is 0 Å². The second kappa shape index (κ2) is 13.3. The molecule has 2 fully saturated rings. The van der Waals surface area contributed by atoms with Gasteiger partial charge in [0.25, 0.3) is 5.91 Å². The fraction of sp³-hybridized carbons (Fsp3) is 0.708. The summed E-state index contributed by atoms with van der Waals surface area (Å²) in [5, 5.41) is 87.9. The molecule has 0 bridgehead atoms. The Kier molecular flexibility index (Phi) is 10.4. The molecule has 4 rings (SSSR count). The number of hydrogen-bond acceptors (Lipinski definition) is 15. The molecule has 1 aromatic rings. The van der Waals surface area contributed by atoms with E-state index < -0.39 is 112 Å². The third kappa shape index (κ3) is 6.97. The molecule has 0 aromatic heterocycles. The van der Waals surface area contributed by atoms with Crippen LogP contribution >= 0.6 is 0 Å². The third-order valence-corrected chi connectivity index (χ3v) is 7.24. The first-order chi connectivity index (χ1) is 20.2.